The molecule has 0 spiro atoms. The van der Waals surface area contributed by atoms with Gasteiger partial charge in [-0.2, -0.15) is 0 Å². The zero-order valence-corrected chi connectivity index (χ0v) is 14.3. The van der Waals surface area contributed by atoms with E-state index in [1.165, 1.54) is 0 Å². The quantitative estimate of drug-likeness (QED) is 0.596. The minimum atomic E-state index is -0.388. The Labute approximate surface area is 145 Å². The zero-order valence-electron chi connectivity index (χ0n) is 14.3. The summed E-state index contributed by atoms with van der Waals surface area (Å²) in [7, 11) is 0. The number of hydrogen-bond donors (Lipinski definition) is 3. The lowest BCUT2D eigenvalue weighted by Gasteiger charge is -2.04. The molecular formula is C19H18N4O2. The maximum Gasteiger partial charge on any atom is 0.300 e. The van der Waals surface area contributed by atoms with Crippen LogP contribution in [0.5, 0.6) is 0 Å². The molecule has 2 heterocycles. The van der Waals surface area contributed by atoms with Gasteiger partial charge < -0.3 is 15.6 Å². The molecule has 2 amide bonds. The van der Waals surface area contributed by atoms with Gasteiger partial charge in [0.1, 0.15) is 5.82 Å². The van der Waals surface area contributed by atoms with Gasteiger partial charge in [0.25, 0.3) is 11.8 Å². The number of anilines is 2. The molecule has 0 saturated carbocycles. The second-order valence-electron chi connectivity index (χ2n) is 5.65. The normalized spacial score (nSPS) is 13.9. The third kappa shape index (κ3) is 3.31. The number of fused-ring (bicyclic) bond motifs is 1. The lowest BCUT2D eigenvalue weighted by Crippen LogP contribution is -2.08. The SMILES string of the molecule is CC#CC(=O)Nc1ccc2c(c1)/C(=C/c1nc(CC)[nH]c1C)C(=O)N2. The predicted octanol–water partition coefficient (Wildman–Crippen LogP) is 2.74. The summed E-state index contributed by atoms with van der Waals surface area (Å²) in [5, 5.41) is 5.52. The third-order valence-corrected chi connectivity index (χ3v) is 3.89. The summed E-state index contributed by atoms with van der Waals surface area (Å²) in [5.41, 5.74) is 4.19. The maximum atomic E-state index is 12.3. The number of nitrogens with zero attached hydrogens (tertiary/aromatic N) is 1. The minimum absolute atomic E-state index is 0.188. The van der Waals surface area contributed by atoms with Gasteiger partial charge in [0.2, 0.25) is 0 Å². The van der Waals surface area contributed by atoms with E-state index in [4.69, 9.17) is 0 Å². The molecular weight excluding hydrogens is 316 g/mol. The van der Waals surface area contributed by atoms with E-state index in [0.29, 0.717) is 16.9 Å². The number of aromatic amines is 1. The Morgan fingerprint density at radius 3 is 2.88 bits per heavy atom. The van der Waals surface area contributed by atoms with Crippen molar-refractivity contribution in [2.45, 2.75) is 27.2 Å². The van der Waals surface area contributed by atoms with Crippen LogP contribution in [0.2, 0.25) is 0 Å². The Balaban J connectivity index is 1.99. The Hall–Kier alpha value is -3.33. The molecule has 0 radical (unpaired) electrons. The lowest BCUT2D eigenvalue weighted by atomic mass is 10.0. The number of amides is 2. The Morgan fingerprint density at radius 1 is 1.40 bits per heavy atom. The largest absolute Gasteiger partial charge is 0.346 e. The van der Waals surface area contributed by atoms with Crippen LogP contribution >= 0.6 is 0 Å². The van der Waals surface area contributed by atoms with Crippen LogP contribution in [-0.2, 0) is 16.0 Å². The Bertz CT molecular complexity index is 958. The molecule has 0 bridgehead atoms. The van der Waals surface area contributed by atoms with E-state index >= 15 is 0 Å². The van der Waals surface area contributed by atoms with Crippen LogP contribution < -0.4 is 10.6 Å². The fourth-order valence-corrected chi connectivity index (χ4v) is 2.67. The Kier molecular flexibility index (Phi) is 4.40. The first-order valence-corrected chi connectivity index (χ1v) is 7.98. The lowest BCUT2D eigenvalue weighted by molar-refractivity contribution is -0.111. The maximum absolute atomic E-state index is 12.3. The second kappa shape index (κ2) is 6.65. The summed E-state index contributed by atoms with van der Waals surface area (Å²) in [6, 6.07) is 5.25. The molecule has 0 saturated heterocycles. The number of H-pyrrole nitrogens is 1. The molecule has 1 aromatic carbocycles. The van der Waals surface area contributed by atoms with Gasteiger partial charge in [-0.3, -0.25) is 9.59 Å². The molecule has 0 fully saturated rings. The standard InChI is InChI=1S/C19H18N4O2/c1-4-6-18(24)21-12-7-8-15-13(9-12)14(19(25)23-15)10-16-11(3)20-17(5-2)22-16/h7-10H,5H2,1-3H3,(H,20,22)(H,21,24)(H,23,25)/b14-10-. The molecule has 6 nitrogen and oxygen atoms in total. The van der Waals surface area contributed by atoms with Crippen molar-refractivity contribution in [1.82, 2.24) is 9.97 Å². The molecule has 0 atom stereocenters. The molecule has 25 heavy (non-hydrogen) atoms. The highest BCUT2D eigenvalue weighted by molar-refractivity contribution is 6.35. The molecule has 126 valence electrons. The van der Waals surface area contributed by atoms with E-state index in [1.807, 2.05) is 13.8 Å². The van der Waals surface area contributed by atoms with Gasteiger partial charge in [-0.15, -0.1) is 0 Å². The smallest absolute Gasteiger partial charge is 0.300 e. The van der Waals surface area contributed by atoms with Crippen LogP contribution in [0.25, 0.3) is 11.6 Å². The fourth-order valence-electron chi connectivity index (χ4n) is 2.67. The number of hydrogen-bond acceptors (Lipinski definition) is 3. The van der Waals surface area contributed by atoms with Gasteiger partial charge in [0.05, 0.1) is 11.3 Å². The van der Waals surface area contributed by atoms with Gasteiger partial charge in [-0.1, -0.05) is 12.8 Å². The van der Waals surface area contributed by atoms with Crippen LogP contribution in [0.3, 0.4) is 0 Å². The van der Waals surface area contributed by atoms with Crippen molar-refractivity contribution in [3.8, 4) is 11.8 Å². The van der Waals surface area contributed by atoms with E-state index in [2.05, 4.69) is 32.4 Å². The van der Waals surface area contributed by atoms with E-state index < -0.39 is 0 Å². The van der Waals surface area contributed by atoms with Gasteiger partial charge in [-0.25, -0.2) is 4.98 Å². The summed E-state index contributed by atoms with van der Waals surface area (Å²) in [5.74, 6) is 5.28. The van der Waals surface area contributed by atoms with E-state index in [0.717, 1.165) is 29.2 Å². The minimum Gasteiger partial charge on any atom is -0.346 e. The summed E-state index contributed by atoms with van der Waals surface area (Å²) >= 11 is 0. The molecule has 0 aliphatic carbocycles. The van der Waals surface area contributed by atoms with Crippen molar-refractivity contribution in [1.29, 1.82) is 0 Å². The summed E-state index contributed by atoms with van der Waals surface area (Å²) in [6.07, 6.45) is 2.56. The summed E-state index contributed by atoms with van der Waals surface area (Å²) < 4.78 is 0. The number of aryl methyl sites for hydroxylation is 2. The fraction of sp³-hybridized carbons (Fsp3) is 0.211. The second-order valence-corrected chi connectivity index (χ2v) is 5.65. The molecule has 1 aliphatic heterocycles. The zero-order chi connectivity index (χ0) is 18.0. The van der Waals surface area contributed by atoms with Crippen molar-refractivity contribution >= 4 is 34.8 Å². The molecule has 6 heteroatoms. The van der Waals surface area contributed by atoms with Crippen molar-refractivity contribution in [3.63, 3.8) is 0 Å². The Morgan fingerprint density at radius 2 is 2.20 bits per heavy atom. The molecule has 3 rings (SSSR count). The van der Waals surface area contributed by atoms with Crippen molar-refractivity contribution in [2.75, 3.05) is 10.6 Å². The predicted molar refractivity (Wildman–Crippen MR) is 97.7 cm³/mol. The molecule has 1 aromatic heterocycles. The number of aromatic nitrogens is 2. The first-order chi connectivity index (χ1) is 12.0. The molecule has 3 N–H and O–H groups in total. The topological polar surface area (TPSA) is 86.9 Å². The summed E-state index contributed by atoms with van der Waals surface area (Å²) in [4.78, 5) is 31.7. The number of imidazole rings is 1. The average Bonchev–Trinajstić information content (AvgIpc) is 3.08. The van der Waals surface area contributed by atoms with Crippen LogP contribution in [-0.4, -0.2) is 21.8 Å². The number of nitrogens with one attached hydrogen (secondary N) is 3. The van der Waals surface area contributed by atoms with Gasteiger partial charge >= 0.3 is 0 Å². The number of carbonyl (C=O) groups excluding carboxylic acids is 2. The monoisotopic (exact) mass is 334 g/mol. The number of benzene rings is 1. The van der Waals surface area contributed by atoms with Crippen LogP contribution in [0.15, 0.2) is 18.2 Å². The van der Waals surface area contributed by atoms with E-state index in [-0.39, 0.29) is 11.8 Å². The number of carbonyl (C=O) groups is 2. The van der Waals surface area contributed by atoms with Crippen LogP contribution in [0.1, 0.15) is 36.6 Å². The molecule has 0 unspecified atom stereocenters. The van der Waals surface area contributed by atoms with Crippen molar-refractivity contribution in [2.24, 2.45) is 0 Å². The average molecular weight is 334 g/mol. The highest BCUT2D eigenvalue weighted by Crippen LogP contribution is 2.35. The van der Waals surface area contributed by atoms with Gasteiger partial charge in [-0.05, 0) is 44.0 Å². The molecule has 1 aliphatic rings. The van der Waals surface area contributed by atoms with Crippen molar-refractivity contribution in [3.05, 3.63) is 41.0 Å². The molecule has 2 aromatic rings. The summed E-state index contributed by atoms with van der Waals surface area (Å²) in [6.45, 7) is 5.54. The van der Waals surface area contributed by atoms with Gasteiger partial charge in [0, 0.05) is 29.1 Å². The number of rotatable bonds is 3. The van der Waals surface area contributed by atoms with Crippen LogP contribution in [0.4, 0.5) is 11.4 Å². The van der Waals surface area contributed by atoms with E-state index in [9.17, 15) is 9.59 Å². The highest BCUT2D eigenvalue weighted by atomic mass is 16.2. The van der Waals surface area contributed by atoms with Gasteiger partial charge in [0.15, 0.2) is 0 Å². The highest BCUT2D eigenvalue weighted by Gasteiger charge is 2.25. The van der Waals surface area contributed by atoms with Crippen LogP contribution in [0, 0.1) is 18.8 Å². The van der Waals surface area contributed by atoms with Crippen molar-refractivity contribution < 1.29 is 9.59 Å². The first-order valence-electron chi connectivity index (χ1n) is 7.98. The third-order valence-electron chi connectivity index (χ3n) is 3.89. The van der Waals surface area contributed by atoms with E-state index in [1.54, 1.807) is 31.2 Å². The first kappa shape index (κ1) is 16.5.